The average Bonchev–Trinajstić information content (AvgIpc) is 2.64. The van der Waals surface area contributed by atoms with Crippen molar-refractivity contribution >= 4 is 11.6 Å². The summed E-state index contributed by atoms with van der Waals surface area (Å²) in [5, 5.41) is 6.04. The van der Waals surface area contributed by atoms with Gasteiger partial charge in [0.1, 0.15) is 11.6 Å². The van der Waals surface area contributed by atoms with Crippen LogP contribution in [0, 0.1) is 12.7 Å². The third-order valence-electron chi connectivity index (χ3n) is 4.60. The number of aryl methyl sites for hydroxylation is 1. The molecule has 0 aromatic heterocycles. The molecule has 1 aliphatic heterocycles. The average molecular weight is 357 g/mol. The Morgan fingerprint density at radius 2 is 2.15 bits per heavy atom. The molecule has 3 rings (SSSR count). The predicted molar refractivity (Wildman–Crippen MR) is 99.9 cm³/mol. The summed E-state index contributed by atoms with van der Waals surface area (Å²) < 4.78 is 19.4. The Labute approximate surface area is 153 Å². The van der Waals surface area contributed by atoms with Crippen molar-refractivity contribution < 1.29 is 13.9 Å². The van der Waals surface area contributed by atoms with E-state index in [-0.39, 0.29) is 24.2 Å². The molecule has 1 fully saturated rings. The molecule has 2 N–H and O–H groups in total. The van der Waals surface area contributed by atoms with E-state index >= 15 is 0 Å². The first-order valence-electron chi connectivity index (χ1n) is 8.72. The fourth-order valence-corrected chi connectivity index (χ4v) is 3.28. The fourth-order valence-electron chi connectivity index (χ4n) is 3.28. The molecule has 1 heterocycles. The lowest BCUT2D eigenvalue weighted by Crippen LogP contribution is -2.48. The predicted octanol–water partition coefficient (Wildman–Crippen LogP) is 2.73. The molecule has 0 aliphatic carbocycles. The number of amides is 1. The Morgan fingerprint density at radius 3 is 2.92 bits per heavy atom. The second kappa shape index (κ2) is 8.29. The lowest BCUT2D eigenvalue weighted by Gasteiger charge is -2.36. The summed E-state index contributed by atoms with van der Waals surface area (Å²) in [6, 6.07) is 12.6. The van der Waals surface area contributed by atoms with E-state index in [9.17, 15) is 9.18 Å². The van der Waals surface area contributed by atoms with Gasteiger partial charge in [0.15, 0.2) is 0 Å². The Kier molecular flexibility index (Phi) is 5.85. The largest absolute Gasteiger partial charge is 0.496 e. The molecule has 2 aromatic carbocycles. The first kappa shape index (κ1) is 18.4. The summed E-state index contributed by atoms with van der Waals surface area (Å²) in [7, 11) is 1.65. The SMILES string of the molecule is COc1ccccc1C1CNCCN1CC(=O)Nc1ccc(C)cc1F. The van der Waals surface area contributed by atoms with Crippen LogP contribution in [0.4, 0.5) is 10.1 Å². The highest BCUT2D eigenvalue weighted by molar-refractivity contribution is 5.92. The van der Waals surface area contributed by atoms with E-state index in [2.05, 4.69) is 15.5 Å². The molecule has 26 heavy (non-hydrogen) atoms. The maximum absolute atomic E-state index is 14.0. The third-order valence-corrected chi connectivity index (χ3v) is 4.60. The van der Waals surface area contributed by atoms with Gasteiger partial charge in [0, 0.05) is 25.2 Å². The first-order valence-corrected chi connectivity index (χ1v) is 8.72. The topological polar surface area (TPSA) is 53.6 Å². The number of para-hydroxylation sites is 1. The minimum Gasteiger partial charge on any atom is -0.496 e. The van der Waals surface area contributed by atoms with Crippen molar-refractivity contribution in [3.8, 4) is 5.75 Å². The lowest BCUT2D eigenvalue weighted by molar-refractivity contribution is -0.118. The number of ether oxygens (including phenoxy) is 1. The number of hydrogen-bond donors (Lipinski definition) is 2. The quantitative estimate of drug-likeness (QED) is 0.864. The zero-order valence-electron chi connectivity index (χ0n) is 15.1. The number of nitrogens with zero attached hydrogens (tertiary/aromatic N) is 1. The van der Waals surface area contributed by atoms with Gasteiger partial charge in [0.2, 0.25) is 5.91 Å². The van der Waals surface area contributed by atoms with Crippen LogP contribution in [-0.2, 0) is 4.79 Å². The van der Waals surface area contributed by atoms with E-state index in [1.54, 1.807) is 19.2 Å². The van der Waals surface area contributed by atoms with E-state index in [0.29, 0.717) is 0 Å². The molecular weight excluding hydrogens is 333 g/mol. The highest BCUT2D eigenvalue weighted by Crippen LogP contribution is 2.30. The smallest absolute Gasteiger partial charge is 0.238 e. The van der Waals surface area contributed by atoms with E-state index in [4.69, 9.17) is 4.74 Å². The molecule has 1 unspecified atom stereocenters. The molecule has 0 bridgehead atoms. The first-order chi connectivity index (χ1) is 12.6. The molecule has 1 amide bonds. The Morgan fingerprint density at radius 1 is 1.35 bits per heavy atom. The lowest BCUT2D eigenvalue weighted by atomic mass is 10.0. The maximum atomic E-state index is 14.0. The molecule has 6 heteroatoms. The van der Waals surface area contributed by atoms with Gasteiger partial charge in [-0.1, -0.05) is 24.3 Å². The van der Waals surface area contributed by atoms with Crippen LogP contribution in [0.1, 0.15) is 17.2 Å². The Bertz CT molecular complexity index is 781. The van der Waals surface area contributed by atoms with Gasteiger partial charge < -0.3 is 15.4 Å². The fraction of sp³-hybridized carbons (Fsp3) is 0.350. The van der Waals surface area contributed by atoms with Crippen molar-refractivity contribution in [2.45, 2.75) is 13.0 Å². The van der Waals surface area contributed by atoms with Crippen LogP contribution in [0.3, 0.4) is 0 Å². The van der Waals surface area contributed by atoms with Gasteiger partial charge in [-0.05, 0) is 30.7 Å². The third kappa shape index (κ3) is 4.20. The highest BCUT2D eigenvalue weighted by atomic mass is 19.1. The molecule has 0 spiro atoms. The van der Waals surface area contributed by atoms with Crippen molar-refractivity contribution in [1.29, 1.82) is 0 Å². The molecule has 1 saturated heterocycles. The number of carbonyl (C=O) groups excluding carboxylic acids is 1. The molecule has 5 nitrogen and oxygen atoms in total. The van der Waals surface area contributed by atoms with Crippen molar-refractivity contribution in [2.24, 2.45) is 0 Å². The minimum atomic E-state index is -0.417. The van der Waals surface area contributed by atoms with Gasteiger partial charge in [-0.3, -0.25) is 9.69 Å². The van der Waals surface area contributed by atoms with Gasteiger partial charge in [-0.2, -0.15) is 0 Å². The zero-order valence-corrected chi connectivity index (χ0v) is 15.1. The molecule has 1 atom stereocenters. The van der Waals surface area contributed by atoms with Gasteiger partial charge in [0.25, 0.3) is 0 Å². The monoisotopic (exact) mass is 357 g/mol. The number of hydrogen-bond acceptors (Lipinski definition) is 4. The van der Waals surface area contributed by atoms with Crippen LogP contribution in [0.5, 0.6) is 5.75 Å². The van der Waals surface area contributed by atoms with Crippen LogP contribution >= 0.6 is 0 Å². The summed E-state index contributed by atoms with van der Waals surface area (Å²) >= 11 is 0. The Hall–Kier alpha value is -2.44. The standard InChI is InChI=1S/C20H24FN3O2/c1-14-7-8-17(16(21)11-14)23-20(25)13-24-10-9-22-12-18(24)15-5-3-4-6-19(15)26-2/h3-8,11,18,22H,9-10,12-13H2,1-2H3,(H,23,25). The van der Waals surface area contributed by atoms with Crippen molar-refractivity contribution in [3.63, 3.8) is 0 Å². The molecule has 0 saturated carbocycles. The number of benzene rings is 2. The van der Waals surface area contributed by atoms with Crippen LogP contribution in [-0.4, -0.2) is 44.1 Å². The normalized spacial score (nSPS) is 17.7. The van der Waals surface area contributed by atoms with E-state index in [0.717, 1.165) is 36.5 Å². The second-order valence-electron chi connectivity index (χ2n) is 6.46. The summed E-state index contributed by atoms with van der Waals surface area (Å²) in [5.41, 5.74) is 2.07. The van der Waals surface area contributed by atoms with E-state index < -0.39 is 5.82 Å². The molecule has 0 radical (unpaired) electrons. The summed E-state index contributed by atoms with van der Waals surface area (Å²) in [6.45, 7) is 4.27. The summed E-state index contributed by atoms with van der Waals surface area (Å²) in [4.78, 5) is 14.6. The number of halogens is 1. The number of nitrogens with one attached hydrogen (secondary N) is 2. The van der Waals surface area contributed by atoms with Gasteiger partial charge in [-0.15, -0.1) is 0 Å². The highest BCUT2D eigenvalue weighted by Gasteiger charge is 2.27. The number of anilines is 1. The number of methoxy groups -OCH3 is 1. The summed E-state index contributed by atoms with van der Waals surface area (Å²) in [6.07, 6.45) is 0. The van der Waals surface area contributed by atoms with Crippen molar-refractivity contribution in [2.75, 3.05) is 38.6 Å². The minimum absolute atomic E-state index is 0.0218. The summed E-state index contributed by atoms with van der Waals surface area (Å²) in [5.74, 6) is 0.158. The van der Waals surface area contributed by atoms with Crippen LogP contribution in [0.25, 0.3) is 0 Å². The van der Waals surface area contributed by atoms with E-state index in [1.807, 2.05) is 31.2 Å². The molecule has 1 aliphatic rings. The van der Waals surface area contributed by atoms with Gasteiger partial charge in [-0.25, -0.2) is 4.39 Å². The van der Waals surface area contributed by atoms with Crippen LogP contribution in [0.2, 0.25) is 0 Å². The number of carbonyl (C=O) groups is 1. The molecular formula is C20H24FN3O2. The van der Waals surface area contributed by atoms with Gasteiger partial charge >= 0.3 is 0 Å². The Balaban J connectivity index is 1.73. The molecule has 138 valence electrons. The zero-order chi connectivity index (χ0) is 18.5. The number of rotatable bonds is 5. The van der Waals surface area contributed by atoms with E-state index in [1.165, 1.54) is 6.07 Å². The second-order valence-corrected chi connectivity index (χ2v) is 6.46. The van der Waals surface area contributed by atoms with Crippen LogP contribution in [0.15, 0.2) is 42.5 Å². The van der Waals surface area contributed by atoms with Gasteiger partial charge in [0.05, 0.1) is 25.4 Å². The maximum Gasteiger partial charge on any atom is 0.238 e. The number of piperazine rings is 1. The van der Waals surface area contributed by atoms with Crippen LogP contribution < -0.4 is 15.4 Å². The molecule has 2 aromatic rings. The van der Waals surface area contributed by atoms with Crippen molar-refractivity contribution in [1.82, 2.24) is 10.2 Å². The van der Waals surface area contributed by atoms with Crippen molar-refractivity contribution in [3.05, 3.63) is 59.4 Å².